The predicted octanol–water partition coefficient (Wildman–Crippen LogP) is 3.39. The van der Waals surface area contributed by atoms with Crippen LogP contribution >= 0.6 is 12.4 Å². The summed E-state index contributed by atoms with van der Waals surface area (Å²) in [5.74, 6) is -0.335. The number of amides is 2. The summed E-state index contributed by atoms with van der Waals surface area (Å²) in [5, 5.41) is 8.83. The van der Waals surface area contributed by atoms with Crippen LogP contribution in [0, 0.1) is 0 Å². The number of halogens is 1. The van der Waals surface area contributed by atoms with Crippen LogP contribution in [0.5, 0.6) is 0 Å². The lowest BCUT2D eigenvalue weighted by molar-refractivity contribution is -0.116. The fraction of sp³-hybridized carbons (Fsp3) is 0.200. The fourth-order valence-corrected chi connectivity index (χ4v) is 2.75. The van der Waals surface area contributed by atoms with Crippen LogP contribution in [0.4, 0.5) is 11.4 Å². The van der Waals surface area contributed by atoms with Gasteiger partial charge in [0.25, 0.3) is 5.91 Å². The van der Waals surface area contributed by atoms with Crippen molar-refractivity contribution in [3.8, 4) is 0 Å². The van der Waals surface area contributed by atoms with Gasteiger partial charge in [0.2, 0.25) is 5.91 Å². The quantitative estimate of drug-likeness (QED) is 0.705. The molecule has 0 spiro atoms. The van der Waals surface area contributed by atoms with Crippen LogP contribution in [0.25, 0.3) is 0 Å². The molecule has 5 nitrogen and oxygen atoms in total. The Kier molecular flexibility index (Phi) is 6.95. The summed E-state index contributed by atoms with van der Waals surface area (Å²) in [5.41, 5.74) is 2.99. The van der Waals surface area contributed by atoms with E-state index in [1.54, 1.807) is 24.3 Å². The molecule has 1 heterocycles. The monoisotopic (exact) mass is 371 g/mol. The van der Waals surface area contributed by atoms with E-state index in [1.165, 1.54) is 0 Å². The van der Waals surface area contributed by atoms with Gasteiger partial charge in [0.15, 0.2) is 0 Å². The van der Waals surface area contributed by atoms with Gasteiger partial charge >= 0.3 is 0 Å². The van der Waals surface area contributed by atoms with E-state index in [0.29, 0.717) is 17.8 Å². The molecule has 0 aromatic heterocycles. The molecular weight excluding hydrogens is 350 g/mol. The Morgan fingerprint density at radius 3 is 2.65 bits per heavy atom. The van der Waals surface area contributed by atoms with Gasteiger partial charge in [-0.25, -0.2) is 0 Å². The van der Waals surface area contributed by atoms with Gasteiger partial charge in [0.05, 0.1) is 0 Å². The maximum absolute atomic E-state index is 12.5. The molecule has 0 radical (unpaired) electrons. The van der Waals surface area contributed by atoms with Crippen LogP contribution in [0.1, 0.15) is 22.8 Å². The maximum atomic E-state index is 12.5. The fourth-order valence-electron chi connectivity index (χ4n) is 2.75. The average molecular weight is 372 g/mol. The lowest BCUT2D eigenvalue weighted by atomic mass is 10.1. The van der Waals surface area contributed by atoms with Gasteiger partial charge < -0.3 is 10.6 Å². The van der Waals surface area contributed by atoms with Crippen molar-refractivity contribution in [2.24, 2.45) is 0 Å². The summed E-state index contributed by atoms with van der Waals surface area (Å²) in [6.07, 6.45) is 4.58. The van der Waals surface area contributed by atoms with E-state index in [0.717, 1.165) is 17.7 Å². The molecule has 0 saturated carbocycles. The number of carbonyl (C=O) groups excluding carboxylic acids is 2. The van der Waals surface area contributed by atoms with E-state index in [9.17, 15) is 9.59 Å². The highest BCUT2D eigenvalue weighted by Crippen LogP contribution is 2.18. The van der Waals surface area contributed by atoms with Crippen LogP contribution in [0.15, 0.2) is 60.7 Å². The SMILES string of the molecule is CCc1ccccc1NC(=O)c1cccc(NC(=O)C2C=CCN2)c1.Cl. The first-order valence-corrected chi connectivity index (χ1v) is 8.37. The van der Waals surface area contributed by atoms with Gasteiger partial charge in [0.1, 0.15) is 6.04 Å². The molecule has 2 aromatic rings. The first-order valence-electron chi connectivity index (χ1n) is 8.37. The Balaban J connectivity index is 0.00000243. The molecule has 0 fully saturated rings. The number of benzene rings is 2. The molecular formula is C20H22ClN3O2. The Labute approximate surface area is 159 Å². The zero-order valence-corrected chi connectivity index (χ0v) is 15.3. The number of aryl methyl sites for hydroxylation is 1. The second-order valence-corrected chi connectivity index (χ2v) is 5.85. The minimum Gasteiger partial charge on any atom is -0.324 e. The Morgan fingerprint density at radius 2 is 1.92 bits per heavy atom. The molecule has 26 heavy (non-hydrogen) atoms. The molecule has 1 aliphatic rings. The van der Waals surface area contributed by atoms with Gasteiger partial charge in [0, 0.05) is 23.5 Å². The molecule has 0 saturated heterocycles. The number of hydrogen-bond acceptors (Lipinski definition) is 3. The number of anilines is 2. The van der Waals surface area contributed by atoms with Crippen LogP contribution in [0.3, 0.4) is 0 Å². The molecule has 1 aliphatic heterocycles. The van der Waals surface area contributed by atoms with Crippen LogP contribution < -0.4 is 16.0 Å². The Morgan fingerprint density at radius 1 is 1.12 bits per heavy atom. The van der Waals surface area contributed by atoms with Crippen molar-refractivity contribution < 1.29 is 9.59 Å². The Bertz CT molecular complexity index is 820. The van der Waals surface area contributed by atoms with Gasteiger partial charge in [-0.3, -0.25) is 14.9 Å². The van der Waals surface area contributed by atoms with Crippen molar-refractivity contribution in [1.29, 1.82) is 0 Å². The van der Waals surface area contributed by atoms with E-state index < -0.39 is 0 Å². The van der Waals surface area contributed by atoms with Gasteiger partial charge in [-0.15, -0.1) is 12.4 Å². The van der Waals surface area contributed by atoms with Crippen molar-refractivity contribution in [2.45, 2.75) is 19.4 Å². The first-order chi connectivity index (χ1) is 12.2. The molecule has 3 rings (SSSR count). The van der Waals surface area contributed by atoms with Crippen LogP contribution in [-0.4, -0.2) is 24.4 Å². The highest BCUT2D eigenvalue weighted by Gasteiger charge is 2.18. The van der Waals surface area contributed by atoms with Crippen LogP contribution in [0.2, 0.25) is 0 Å². The summed E-state index contributed by atoms with van der Waals surface area (Å²) in [7, 11) is 0. The van der Waals surface area contributed by atoms with E-state index >= 15 is 0 Å². The number of carbonyl (C=O) groups is 2. The van der Waals surface area contributed by atoms with Gasteiger partial charge in [-0.05, 0) is 36.2 Å². The standard InChI is InChI=1S/C20H21N3O2.ClH/c1-2-14-7-3-4-10-17(14)23-19(24)15-8-5-9-16(13-15)22-20(25)18-11-6-12-21-18;/h3-11,13,18,21H,2,12H2,1H3,(H,22,25)(H,23,24);1H. The Hall–Kier alpha value is -2.63. The highest BCUT2D eigenvalue weighted by molar-refractivity contribution is 6.06. The van der Waals surface area contributed by atoms with Gasteiger partial charge in [-0.2, -0.15) is 0 Å². The van der Waals surface area contributed by atoms with E-state index in [-0.39, 0.29) is 30.3 Å². The molecule has 6 heteroatoms. The molecule has 3 N–H and O–H groups in total. The lowest BCUT2D eigenvalue weighted by Crippen LogP contribution is -2.35. The third-order valence-corrected chi connectivity index (χ3v) is 4.11. The van der Waals surface area contributed by atoms with E-state index in [4.69, 9.17) is 0 Å². The topological polar surface area (TPSA) is 70.2 Å². The minimum atomic E-state index is -0.325. The summed E-state index contributed by atoms with van der Waals surface area (Å²) in [6, 6.07) is 14.3. The zero-order chi connectivity index (χ0) is 17.6. The summed E-state index contributed by atoms with van der Waals surface area (Å²) >= 11 is 0. The normalized spacial score (nSPS) is 15.2. The smallest absolute Gasteiger partial charge is 0.255 e. The van der Waals surface area contributed by atoms with Crippen LogP contribution in [-0.2, 0) is 11.2 Å². The van der Waals surface area contributed by atoms with Crippen molar-refractivity contribution in [3.05, 3.63) is 71.8 Å². The average Bonchev–Trinajstić information content (AvgIpc) is 3.17. The first kappa shape index (κ1) is 19.7. The molecule has 0 aliphatic carbocycles. The molecule has 0 bridgehead atoms. The molecule has 136 valence electrons. The van der Waals surface area contributed by atoms with E-state index in [1.807, 2.05) is 43.3 Å². The second-order valence-electron chi connectivity index (χ2n) is 5.85. The number of rotatable bonds is 5. The largest absolute Gasteiger partial charge is 0.324 e. The number of hydrogen-bond donors (Lipinski definition) is 3. The third-order valence-electron chi connectivity index (χ3n) is 4.11. The zero-order valence-electron chi connectivity index (χ0n) is 14.5. The molecule has 1 unspecified atom stereocenters. The van der Waals surface area contributed by atoms with Crippen molar-refractivity contribution in [1.82, 2.24) is 5.32 Å². The van der Waals surface area contributed by atoms with Crippen molar-refractivity contribution in [2.75, 3.05) is 17.2 Å². The third kappa shape index (κ3) is 4.71. The highest BCUT2D eigenvalue weighted by atomic mass is 35.5. The van der Waals surface area contributed by atoms with Crippen molar-refractivity contribution >= 4 is 35.6 Å². The molecule has 1 atom stereocenters. The number of para-hydroxylation sites is 1. The number of nitrogens with one attached hydrogen (secondary N) is 3. The van der Waals surface area contributed by atoms with Gasteiger partial charge in [-0.1, -0.05) is 43.3 Å². The molecule has 2 amide bonds. The summed E-state index contributed by atoms with van der Waals surface area (Å²) < 4.78 is 0. The minimum absolute atomic E-state index is 0. The van der Waals surface area contributed by atoms with E-state index in [2.05, 4.69) is 16.0 Å². The molecule has 2 aromatic carbocycles. The summed E-state index contributed by atoms with van der Waals surface area (Å²) in [6.45, 7) is 2.74. The second kappa shape index (κ2) is 9.17. The van der Waals surface area contributed by atoms with Crippen molar-refractivity contribution in [3.63, 3.8) is 0 Å². The lowest BCUT2D eigenvalue weighted by Gasteiger charge is -2.12. The maximum Gasteiger partial charge on any atom is 0.255 e. The summed E-state index contributed by atoms with van der Waals surface area (Å²) in [4.78, 5) is 24.7. The predicted molar refractivity (Wildman–Crippen MR) is 107 cm³/mol.